The van der Waals surface area contributed by atoms with Gasteiger partial charge in [-0.2, -0.15) is 5.26 Å². The molecule has 282 valence electrons. The molecule has 51 heavy (non-hydrogen) atoms. The van der Waals surface area contributed by atoms with Crippen molar-refractivity contribution in [3.8, 4) is 6.07 Å². The summed E-state index contributed by atoms with van der Waals surface area (Å²) in [7, 11) is 0. The SMILES string of the molecule is C1CCOC1.CC.CC(C)(C)OC(=O)N1CCC(C#N)(c2ccc(Cl)cc2)CC1.CC(C)(C)OC(=O)N1CCC(C=O)(c2ccc(Cl)cc2)CC1. The number of halogens is 2. The lowest BCUT2D eigenvalue weighted by molar-refractivity contribution is -0.114. The van der Waals surface area contributed by atoms with Crippen LogP contribution in [-0.2, 0) is 29.8 Å². The largest absolute Gasteiger partial charge is 0.444 e. The van der Waals surface area contributed by atoms with E-state index in [0.29, 0.717) is 61.9 Å². The number of carbonyl (C=O) groups is 3. The average molecular weight is 747 g/mol. The van der Waals surface area contributed by atoms with E-state index in [4.69, 9.17) is 37.4 Å². The first-order valence-corrected chi connectivity index (χ1v) is 18.7. The molecule has 0 radical (unpaired) electrons. The van der Waals surface area contributed by atoms with Crippen LogP contribution in [0.25, 0.3) is 0 Å². The Morgan fingerprint density at radius 1 is 0.725 bits per heavy atom. The lowest BCUT2D eigenvalue weighted by Crippen LogP contribution is -2.47. The summed E-state index contributed by atoms with van der Waals surface area (Å²) < 4.78 is 15.7. The van der Waals surface area contributed by atoms with Gasteiger partial charge in [-0.05, 0) is 115 Å². The molecule has 5 rings (SSSR count). The summed E-state index contributed by atoms with van der Waals surface area (Å²) in [5, 5.41) is 11.0. The average Bonchev–Trinajstić information content (AvgIpc) is 3.69. The Morgan fingerprint density at radius 2 is 1.10 bits per heavy atom. The van der Waals surface area contributed by atoms with Crippen LogP contribution in [0.3, 0.4) is 0 Å². The van der Waals surface area contributed by atoms with Crippen LogP contribution in [0.4, 0.5) is 9.59 Å². The van der Waals surface area contributed by atoms with Crippen molar-refractivity contribution in [3.05, 3.63) is 69.7 Å². The second-order valence-corrected chi connectivity index (χ2v) is 15.6. The van der Waals surface area contributed by atoms with E-state index in [1.807, 2.05) is 79.7 Å². The van der Waals surface area contributed by atoms with Crippen molar-refractivity contribution in [1.82, 2.24) is 9.80 Å². The van der Waals surface area contributed by atoms with Gasteiger partial charge in [-0.1, -0.05) is 61.3 Å². The predicted molar refractivity (Wildman–Crippen MR) is 203 cm³/mol. The number of ether oxygens (including phenoxy) is 3. The van der Waals surface area contributed by atoms with Crippen molar-refractivity contribution in [2.75, 3.05) is 39.4 Å². The number of amides is 2. The molecular formula is C40H57Cl2N3O6. The second kappa shape index (κ2) is 20.1. The fourth-order valence-electron chi connectivity index (χ4n) is 5.81. The minimum absolute atomic E-state index is 0.310. The quantitative estimate of drug-likeness (QED) is 0.288. The standard InChI is InChI=1S/C17H21ClN2O2.C17H22ClNO3.C4H8O.C2H6/c1-16(2,3)22-15(21)20-10-8-17(12-19,9-11-20)13-4-6-14(18)7-5-13;1-16(2,3)22-15(21)19-10-8-17(12-20,9-11-19)13-4-6-14(18)7-5-13;1-2-4-5-3-1;1-2/h4-7H,8-11H2,1-3H3;4-7,12H,8-11H2,1-3H3;1-4H2;1-2H3. The first kappa shape index (κ1) is 43.8. The van der Waals surface area contributed by atoms with E-state index in [-0.39, 0.29) is 12.2 Å². The highest BCUT2D eigenvalue weighted by Crippen LogP contribution is 2.36. The van der Waals surface area contributed by atoms with Crippen molar-refractivity contribution < 1.29 is 28.6 Å². The molecule has 0 aliphatic carbocycles. The predicted octanol–water partition coefficient (Wildman–Crippen LogP) is 9.76. The molecule has 3 fully saturated rings. The number of hydrogen-bond acceptors (Lipinski definition) is 7. The van der Waals surface area contributed by atoms with Gasteiger partial charge >= 0.3 is 12.2 Å². The molecule has 3 aliphatic rings. The topological polar surface area (TPSA) is 109 Å². The van der Waals surface area contributed by atoms with E-state index < -0.39 is 22.0 Å². The molecule has 0 saturated carbocycles. The molecule has 0 aromatic heterocycles. The molecule has 0 atom stereocenters. The van der Waals surface area contributed by atoms with Gasteiger partial charge in [0.15, 0.2) is 0 Å². The minimum atomic E-state index is -0.552. The van der Waals surface area contributed by atoms with E-state index in [2.05, 4.69) is 6.07 Å². The molecule has 0 bridgehead atoms. The van der Waals surface area contributed by atoms with E-state index >= 15 is 0 Å². The number of rotatable bonds is 3. The third-order valence-electron chi connectivity index (χ3n) is 8.66. The van der Waals surface area contributed by atoms with Gasteiger partial charge in [0, 0.05) is 49.4 Å². The number of nitriles is 1. The molecule has 3 saturated heterocycles. The van der Waals surface area contributed by atoms with Gasteiger partial charge in [0.2, 0.25) is 0 Å². The van der Waals surface area contributed by atoms with Crippen LogP contribution >= 0.6 is 23.2 Å². The van der Waals surface area contributed by atoms with Gasteiger partial charge in [-0.25, -0.2) is 9.59 Å². The third-order valence-corrected chi connectivity index (χ3v) is 9.16. The van der Waals surface area contributed by atoms with Gasteiger partial charge in [-0.3, -0.25) is 0 Å². The number of carbonyl (C=O) groups excluding carboxylic acids is 3. The third kappa shape index (κ3) is 14.0. The molecule has 2 amide bonds. The zero-order valence-corrected chi connectivity index (χ0v) is 33.2. The van der Waals surface area contributed by atoms with E-state index in [1.54, 1.807) is 34.1 Å². The minimum Gasteiger partial charge on any atom is -0.444 e. The summed E-state index contributed by atoms with van der Waals surface area (Å²) in [6.45, 7) is 19.1. The van der Waals surface area contributed by atoms with Crippen LogP contribution in [0.5, 0.6) is 0 Å². The normalized spacial score (nSPS) is 17.8. The lowest BCUT2D eigenvalue weighted by atomic mass is 9.74. The van der Waals surface area contributed by atoms with Gasteiger partial charge in [0.1, 0.15) is 17.5 Å². The van der Waals surface area contributed by atoms with Crippen LogP contribution in [0, 0.1) is 11.3 Å². The molecule has 0 unspecified atom stereocenters. The first-order valence-electron chi connectivity index (χ1n) is 17.9. The van der Waals surface area contributed by atoms with Crippen LogP contribution in [0.1, 0.15) is 105 Å². The number of aldehydes is 1. The molecule has 2 aromatic carbocycles. The van der Waals surface area contributed by atoms with Crippen LogP contribution in [-0.4, -0.2) is 78.9 Å². The zero-order chi connectivity index (χ0) is 38.3. The molecule has 0 N–H and O–H groups in total. The van der Waals surface area contributed by atoms with Crippen molar-refractivity contribution in [2.24, 2.45) is 0 Å². The number of benzene rings is 2. The van der Waals surface area contributed by atoms with Crippen molar-refractivity contribution in [3.63, 3.8) is 0 Å². The highest BCUT2D eigenvalue weighted by Gasteiger charge is 2.40. The number of piperidine rings is 2. The van der Waals surface area contributed by atoms with Crippen molar-refractivity contribution >= 4 is 41.7 Å². The van der Waals surface area contributed by atoms with Crippen LogP contribution in [0.2, 0.25) is 10.0 Å². The Hall–Kier alpha value is -3.32. The number of nitrogens with zero attached hydrogens (tertiary/aromatic N) is 3. The maximum atomic E-state index is 12.1. The highest BCUT2D eigenvalue weighted by molar-refractivity contribution is 6.30. The molecular weight excluding hydrogens is 689 g/mol. The van der Waals surface area contributed by atoms with Gasteiger partial charge in [-0.15, -0.1) is 0 Å². The van der Waals surface area contributed by atoms with E-state index in [1.165, 1.54) is 12.8 Å². The molecule has 3 heterocycles. The zero-order valence-electron chi connectivity index (χ0n) is 31.7. The van der Waals surface area contributed by atoms with Gasteiger partial charge in [0.05, 0.1) is 16.9 Å². The Balaban J connectivity index is 0.000000297. The monoisotopic (exact) mass is 745 g/mol. The summed E-state index contributed by atoms with van der Waals surface area (Å²) in [5.41, 5.74) is -0.186. The van der Waals surface area contributed by atoms with Crippen molar-refractivity contribution in [1.29, 1.82) is 5.26 Å². The lowest BCUT2D eigenvalue weighted by Gasteiger charge is -2.39. The molecule has 3 aliphatic heterocycles. The smallest absolute Gasteiger partial charge is 0.410 e. The Morgan fingerprint density at radius 3 is 1.41 bits per heavy atom. The number of hydrogen-bond donors (Lipinski definition) is 0. The fourth-order valence-corrected chi connectivity index (χ4v) is 6.06. The molecule has 2 aromatic rings. The highest BCUT2D eigenvalue weighted by atomic mass is 35.5. The summed E-state index contributed by atoms with van der Waals surface area (Å²) in [6, 6.07) is 17.2. The Bertz CT molecular complexity index is 1400. The summed E-state index contributed by atoms with van der Waals surface area (Å²) in [4.78, 5) is 39.2. The van der Waals surface area contributed by atoms with Crippen molar-refractivity contribution in [2.45, 2.75) is 116 Å². The Kier molecular flexibility index (Phi) is 17.2. The first-order chi connectivity index (χ1) is 24.0. The van der Waals surface area contributed by atoms with Crippen LogP contribution < -0.4 is 0 Å². The van der Waals surface area contributed by atoms with Crippen LogP contribution in [0.15, 0.2) is 48.5 Å². The van der Waals surface area contributed by atoms with E-state index in [0.717, 1.165) is 30.6 Å². The fraction of sp³-hybridized carbons (Fsp3) is 0.600. The summed E-state index contributed by atoms with van der Waals surface area (Å²) in [6.07, 6.45) is 5.32. The number of likely N-dealkylation sites (tertiary alicyclic amines) is 2. The maximum Gasteiger partial charge on any atom is 0.410 e. The summed E-state index contributed by atoms with van der Waals surface area (Å²) >= 11 is 11.8. The molecule has 0 spiro atoms. The van der Waals surface area contributed by atoms with E-state index in [9.17, 15) is 19.6 Å². The molecule has 9 nitrogen and oxygen atoms in total. The molecule has 11 heteroatoms. The summed E-state index contributed by atoms with van der Waals surface area (Å²) in [5.74, 6) is 0. The second-order valence-electron chi connectivity index (χ2n) is 14.7. The van der Waals surface area contributed by atoms with Gasteiger partial charge < -0.3 is 28.8 Å². The van der Waals surface area contributed by atoms with Gasteiger partial charge in [0.25, 0.3) is 0 Å². The Labute approximate surface area is 315 Å². The maximum absolute atomic E-state index is 12.1.